The highest BCUT2D eigenvalue weighted by molar-refractivity contribution is 5.97. The molecule has 1 aromatic carbocycles. The number of carbonyl (C=O) groups is 2. The van der Waals surface area contributed by atoms with Gasteiger partial charge in [-0.2, -0.15) is 0 Å². The van der Waals surface area contributed by atoms with Gasteiger partial charge in [-0.15, -0.1) is 0 Å². The summed E-state index contributed by atoms with van der Waals surface area (Å²) in [4.78, 5) is 25.0. The molecule has 1 N–H and O–H groups in total. The molecule has 0 saturated carbocycles. The van der Waals surface area contributed by atoms with Crippen LogP contribution in [0.15, 0.2) is 18.2 Å². The molecule has 1 amide bonds. The molecular formula is C15H19NO4. The number of benzene rings is 1. The van der Waals surface area contributed by atoms with Gasteiger partial charge in [0.2, 0.25) is 0 Å². The average molecular weight is 277 g/mol. The molecule has 0 bridgehead atoms. The van der Waals surface area contributed by atoms with Crippen molar-refractivity contribution in [2.75, 3.05) is 13.2 Å². The Kier molecular flexibility index (Phi) is 4.27. The number of aliphatic carboxylic acids is 1. The van der Waals surface area contributed by atoms with E-state index in [0.29, 0.717) is 25.1 Å². The summed E-state index contributed by atoms with van der Waals surface area (Å²) in [5.74, 6) is -0.403. The minimum absolute atomic E-state index is 0.221. The van der Waals surface area contributed by atoms with Crippen molar-refractivity contribution in [3.63, 3.8) is 0 Å². The second-order valence-corrected chi connectivity index (χ2v) is 4.91. The Morgan fingerprint density at radius 3 is 2.80 bits per heavy atom. The molecule has 1 aliphatic heterocycles. The zero-order valence-corrected chi connectivity index (χ0v) is 11.8. The largest absolute Gasteiger partial charge is 0.494 e. The smallest absolute Gasteiger partial charge is 0.326 e. The SMILES string of the molecule is CCOc1ccc(C(=O)N2CCCC2C(=O)O)cc1C. The summed E-state index contributed by atoms with van der Waals surface area (Å²) in [6.45, 7) is 4.85. The number of carboxylic acid groups (broad SMARTS) is 1. The van der Waals surface area contributed by atoms with Gasteiger partial charge in [0.1, 0.15) is 11.8 Å². The second-order valence-electron chi connectivity index (χ2n) is 4.91. The summed E-state index contributed by atoms with van der Waals surface area (Å²) in [5, 5.41) is 9.13. The van der Waals surface area contributed by atoms with Gasteiger partial charge >= 0.3 is 5.97 Å². The van der Waals surface area contributed by atoms with Gasteiger partial charge in [0.25, 0.3) is 5.91 Å². The van der Waals surface area contributed by atoms with Crippen molar-refractivity contribution in [3.05, 3.63) is 29.3 Å². The molecule has 1 saturated heterocycles. The number of amides is 1. The average Bonchev–Trinajstić information content (AvgIpc) is 2.90. The number of aryl methyl sites for hydroxylation is 1. The first-order valence-corrected chi connectivity index (χ1v) is 6.81. The fourth-order valence-electron chi connectivity index (χ4n) is 2.53. The van der Waals surface area contributed by atoms with Gasteiger partial charge in [-0.1, -0.05) is 0 Å². The first-order valence-electron chi connectivity index (χ1n) is 6.81. The molecule has 0 aromatic heterocycles. The standard InChI is InChI=1S/C15H19NO4/c1-3-20-13-7-6-11(9-10(13)2)14(17)16-8-4-5-12(16)15(18)19/h6-7,9,12H,3-5,8H2,1-2H3,(H,18,19). The van der Waals surface area contributed by atoms with Crippen molar-refractivity contribution in [1.82, 2.24) is 4.90 Å². The van der Waals surface area contributed by atoms with Gasteiger partial charge in [0.05, 0.1) is 6.61 Å². The molecule has 1 unspecified atom stereocenters. The summed E-state index contributed by atoms with van der Waals surface area (Å²) < 4.78 is 5.44. The highest BCUT2D eigenvalue weighted by Crippen LogP contribution is 2.24. The summed E-state index contributed by atoms with van der Waals surface area (Å²) in [7, 11) is 0. The third-order valence-electron chi connectivity index (χ3n) is 3.52. The Hall–Kier alpha value is -2.04. The van der Waals surface area contributed by atoms with Crippen LogP contribution >= 0.6 is 0 Å². The molecule has 5 heteroatoms. The fourth-order valence-corrected chi connectivity index (χ4v) is 2.53. The number of carboxylic acids is 1. The Labute approximate surface area is 118 Å². The van der Waals surface area contributed by atoms with Crippen molar-refractivity contribution >= 4 is 11.9 Å². The number of hydrogen-bond acceptors (Lipinski definition) is 3. The maximum Gasteiger partial charge on any atom is 0.326 e. The summed E-state index contributed by atoms with van der Waals surface area (Å²) in [6.07, 6.45) is 1.26. The molecule has 1 fully saturated rings. The van der Waals surface area contributed by atoms with Gasteiger partial charge in [-0.05, 0) is 50.5 Å². The van der Waals surface area contributed by atoms with Crippen LogP contribution in [0.25, 0.3) is 0 Å². The van der Waals surface area contributed by atoms with Crippen LogP contribution in [-0.2, 0) is 4.79 Å². The lowest BCUT2D eigenvalue weighted by Gasteiger charge is -2.21. The minimum atomic E-state index is -0.932. The van der Waals surface area contributed by atoms with Crippen LogP contribution in [0.1, 0.15) is 35.7 Å². The lowest BCUT2D eigenvalue weighted by Crippen LogP contribution is -2.40. The first-order chi connectivity index (χ1) is 9.54. The third-order valence-corrected chi connectivity index (χ3v) is 3.52. The molecular weight excluding hydrogens is 258 g/mol. The molecule has 2 rings (SSSR count). The number of nitrogens with zero attached hydrogens (tertiary/aromatic N) is 1. The summed E-state index contributed by atoms with van der Waals surface area (Å²) in [5.41, 5.74) is 1.39. The van der Waals surface area contributed by atoms with E-state index in [4.69, 9.17) is 9.84 Å². The van der Waals surface area contributed by atoms with E-state index >= 15 is 0 Å². The molecule has 108 valence electrons. The maximum absolute atomic E-state index is 12.4. The van der Waals surface area contributed by atoms with E-state index in [0.717, 1.165) is 17.7 Å². The van der Waals surface area contributed by atoms with Gasteiger partial charge in [0, 0.05) is 12.1 Å². The van der Waals surface area contributed by atoms with Gasteiger partial charge in [-0.25, -0.2) is 4.79 Å². The van der Waals surface area contributed by atoms with Crippen LogP contribution in [0.3, 0.4) is 0 Å². The minimum Gasteiger partial charge on any atom is -0.494 e. The number of ether oxygens (including phenoxy) is 1. The van der Waals surface area contributed by atoms with Gasteiger partial charge in [-0.3, -0.25) is 4.79 Å². The Morgan fingerprint density at radius 2 is 2.20 bits per heavy atom. The van der Waals surface area contributed by atoms with E-state index in [-0.39, 0.29) is 5.91 Å². The van der Waals surface area contributed by atoms with E-state index in [1.54, 1.807) is 18.2 Å². The molecule has 5 nitrogen and oxygen atoms in total. The number of carbonyl (C=O) groups excluding carboxylic acids is 1. The maximum atomic E-state index is 12.4. The molecule has 20 heavy (non-hydrogen) atoms. The van der Waals surface area contributed by atoms with Crippen molar-refractivity contribution in [2.45, 2.75) is 32.7 Å². The molecule has 0 radical (unpaired) electrons. The third kappa shape index (κ3) is 2.76. The highest BCUT2D eigenvalue weighted by Gasteiger charge is 2.34. The van der Waals surface area contributed by atoms with E-state index in [1.165, 1.54) is 4.90 Å². The van der Waals surface area contributed by atoms with E-state index < -0.39 is 12.0 Å². The van der Waals surface area contributed by atoms with Crippen molar-refractivity contribution in [1.29, 1.82) is 0 Å². The fraction of sp³-hybridized carbons (Fsp3) is 0.467. The lowest BCUT2D eigenvalue weighted by molar-refractivity contribution is -0.141. The van der Waals surface area contributed by atoms with E-state index in [9.17, 15) is 9.59 Å². The van der Waals surface area contributed by atoms with Crippen LogP contribution in [0.4, 0.5) is 0 Å². The van der Waals surface area contributed by atoms with Crippen LogP contribution < -0.4 is 4.74 Å². The van der Waals surface area contributed by atoms with Crippen LogP contribution in [0, 0.1) is 6.92 Å². The molecule has 1 aliphatic rings. The molecule has 1 aromatic rings. The zero-order valence-electron chi connectivity index (χ0n) is 11.8. The van der Waals surface area contributed by atoms with Crippen molar-refractivity contribution < 1.29 is 19.4 Å². The second kappa shape index (κ2) is 5.94. The van der Waals surface area contributed by atoms with Crippen molar-refractivity contribution in [3.8, 4) is 5.75 Å². The highest BCUT2D eigenvalue weighted by atomic mass is 16.5. The lowest BCUT2D eigenvalue weighted by atomic mass is 10.1. The topological polar surface area (TPSA) is 66.8 Å². The normalized spacial score (nSPS) is 18.1. The monoisotopic (exact) mass is 277 g/mol. The molecule has 1 atom stereocenters. The number of hydrogen-bond donors (Lipinski definition) is 1. The number of rotatable bonds is 4. The Bertz CT molecular complexity index is 527. The predicted octanol–water partition coefficient (Wildman–Crippen LogP) is 2.08. The van der Waals surface area contributed by atoms with Crippen molar-refractivity contribution in [2.24, 2.45) is 0 Å². The Morgan fingerprint density at radius 1 is 1.45 bits per heavy atom. The van der Waals surface area contributed by atoms with Crippen LogP contribution in [0.5, 0.6) is 5.75 Å². The van der Waals surface area contributed by atoms with Crippen LogP contribution in [-0.4, -0.2) is 41.1 Å². The molecule has 0 aliphatic carbocycles. The Balaban J connectivity index is 2.21. The summed E-state index contributed by atoms with van der Waals surface area (Å²) >= 11 is 0. The van der Waals surface area contributed by atoms with Crippen LogP contribution in [0.2, 0.25) is 0 Å². The van der Waals surface area contributed by atoms with E-state index in [2.05, 4.69) is 0 Å². The summed E-state index contributed by atoms with van der Waals surface area (Å²) in [6, 6.07) is 4.51. The predicted molar refractivity (Wildman–Crippen MR) is 74.0 cm³/mol. The number of likely N-dealkylation sites (tertiary alicyclic amines) is 1. The van der Waals surface area contributed by atoms with Gasteiger partial charge in [0.15, 0.2) is 0 Å². The van der Waals surface area contributed by atoms with E-state index in [1.807, 2.05) is 13.8 Å². The first kappa shape index (κ1) is 14.4. The zero-order chi connectivity index (χ0) is 14.7. The van der Waals surface area contributed by atoms with Gasteiger partial charge < -0.3 is 14.7 Å². The quantitative estimate of drug-likeness (QED) is 0.915. The molecule has 1 heterocycles. The molecule has 0 spiro atoms.